The first kappa shape index (κ1) is 18.3. The molecule has 1 fully saturated rings. The van der Waals surface area contributed by atoms with Crippen molar-refractivity contribution in [2.45, 2.75) is 53.0 Å². The molecule has 2 rings (SSSR count). The van der Waals surface area contributed by atoms with E-state index in [2.05, 4.69) is 10.6 Å². The molecule has 0 bridgehead atoms. The molecule has 0 aliphatic carbocycles. The van der Waals surface area contributed by atoms with Gasteiger partial charge in [-0.3, -0.25) is 4.79 Å². The molecule has 1 atom stereocenters. The highest BCUT2D eigenvalue weighted by atomic mass is 16.2. The Morgan fingerprint density at radius 3 is 2.17 bits per heavy atom. The molecule has 1 aliphatic rings. The van der Waals surface area contributed by atoms with E-state index in [0.717, 1.165) is 42.7 Å². The molecule has 1 heterocycles. The van der Waals surface area contributed by atoms with Crippen LogP contribution in [0.4, 0.5) is 10.5 Å². The zero-order valence-electron chi connectivity index (χ0n) is 15.2. The van der Waals surface area contributed by atoms with E-state index in [0.29, 0.717) is 0 Å². The maximum absolute atomic E-state index is 12.7. The van der Waals surface area contributed by atoms with E-state index in [9.17, 15) is 9.59 Å². The molecule has 1 aromatic carbocycles. The Bertz CT molecular complexity index is 572. The first-order valence-corrected chi connectivity index (χ1v) is 8.82. The average Bonchev–Trinajstić information content (AvgIpc) is 2.56. The van der Waals surface area contributed by atoms with E-state index >= 15 is 0 Å². The van der Waals surface area contributed by atoms with Crippen molar-refractivity contribution in [3.63, 3.8) is 0 Å². The molecule has 0 spiro atoms. The van der Waals surface area contributed by atoms with Gasteiger partial charge in [0.1, 0.15) is 6.04 Å². The van der Waals surface area contributed by atoms with Crippen molar-refractivity contribution in [1.29, 1.82) is 0 Å². The number of nitrogens with zero attached hydrogens (tertiary/aromatic N) is 1. The van der Waals surface area contributed by atoms with Crippen molar-refractivity contribution < 1.29 is 9.59 Å². The molecule has 0 radical (unpaired) electrons. The van der Waals surface area contributed by atoms with Gasteiger partial charge in [-0.2, -0.15) is 0 Å². The van der Waals surface area contributed by atoms with E-state index in [-0.39, 0.29) is 17.9 Å². The van der Waals surface area contributed by atoms with Gasteiger partial charge in [0.05, 0.1) is 0 Å². The molecule has 5 nitrogen and oxygen atoms in total. The van der Waals surface area contributed by atoms with Gasteiger partial charge in [-0.25, -0.2) is 4.79 Å². The number of anilines is 1. The number of hydrogen-bond acceptors (Lipinski definition) is 2. The topological polar surface area (TPSA) is 61.4 Å². The molecule has 24 heavy (non-hydrogen) atoms. The molecular formula is C19H29N3O2. The summed E-state index contributed by atoms with van der Waals surface area (Å²) in [6.07, 6.45) is 3.27. The van der Waals surface area contributed by atoms with Crippen LogP contribution in [0.3, 0.4) is 0 Å². The second-order valence-electron chi connectivity index (χ2n) is 6.97. The third-order valence-corrected chi connectivity index (χ3v) is 4.61. The van der Waals surface area contributed by atoms with E-state index < -0.39 is 6.04 Å². The minimum atomic E-state index is -0.493. The van der Waals surface area contributed by atoms with Crippen LogP contribution >= 0.6 is 0 Å². The number of carbonyl (C=O) groups excluding carboxylic acids is 2. The number of rotatable bonds is 4. The predicted octanol–water partition coefficient (Wildman–Crippen LogP) is 3.46. The third-order valence-electron chi connectivity index (χ3n) is 4.61. The molecule has 132 valence electrons. The zero-order valence-corrected chi connectivity index (χ0v) is 15.2. The van der Waals surface area contributed by atoms with Gasteiger partial charge in [0.15, 0.2) is 0 Å². The maximum atomic E-state index is 12.7. The highest BCUT2D eigenvalue weighted by molar-refractivity contribution is 5.95. The van der Waals surface area contributed by atoms with Gasteiger partial charge in [0, 0.05) is 18.8 Å². The number of aryl methyl sites for hydroxylation is 2. The van der Waals surface area contributed by atoms with Crippen LogP contribution in [0.2, 0.25) is 0 Å². The van der Waals surface area contributed by atoms with Crippen LogP contribution in [0, 0.1) is 19.8 Å². The van der Waals surface area contributed by atoms with Crippen molar-refractivity contribution in [3.05, 3.63) is 29.3 Å². The lowest BCUT2D eigenvalue weighted by atomic mass is 10.0. The van der Waals surface area contributed by atoms with Crippen LogP contribution in [0.25, 0.3) is 0 Å². The van der Waals surface area contributed by atoms with Crippen LogP contribution < -0.4 is 10.6 Å². The van der Waals surface area contributed by atoms with Crippen molar-refractivity contribution in [1.82, 2.24) is 10.2 Å². The monoisotopic (exact) mass is 331 g/mol. The van der Waals surface area contributed by atoms with Crippen LogP contribution in [-0.2, 0) is 4.79 Å². The fourth-order valence-corrected chi connectivity index (χ4v) is 3.13. The molecule has 5 heteroatoms. The Morgan fingerprint density at radius 1 is 1.04 bits per heavy atom. The molecule has 1 aromatic rings. The number of likely N-dealkylation sites (tertiary alicyclic amines) is 1. The summed E-state index contributed by atoms with van der Waals surface area (Å²) < 4.78 is 0. The number of amides is 3. The maximum Gasteiger partial charge on any atom is 0.319 e. The van der Waals surface area contributed by atoms with Crippen molar-refractivity contribution in [2.24, 2.45) is 5.92 Å². The Kier molecular flexibility index (Phi) is 6.23. The second-order valence-corrected chi connectivity index (χ2v) is 6.97. The third kappa shape index (κ3) is 4.49. The Balaban J connectivity index is 2.04. The Morgan fingerprint density at radius 2 is 1.62 bits per heavy atom. The summed E-state index contributed by atoms with van der Waals surface area (Å²) in [6, 6.07) is 5.07. The minimum Gasteiger partial charge on any atom is -0.341 e. The van der Waals surface area contributed by atoms with Crippen LogP contribution in [0.15, 0.2) is 18.2 Å². The normalized spacial score (nSPS) is 16.0. The molecule has 0 saturated carbocycles. The van der Waals surface area contributed by atoms with Crippen LogP contribution in [0.1, 0.15) is 44.2 Å². The first-order valence-electron chi connectivity index (χ1n) is 8.82. The summed E-state index contributed by atoms with van der Waals surface area (Å²) in [7, 11) is 0. The lowest BCUT2D eigenvalue weighted by molar-refractivity contribution is -0.135. The van der Waals surface area contributed by atoms with Gasteiger partial charge in [-0.15, -0.1) is 0 Å². The summed E-state index contributed by atoms with van der Waals surface area (Å²) in [4.78, 5) is 27.1. The van der Waals surface area contributed by atoms with E-state index in [1.807, 2.05) is 50.8 Å². The van der Waals surface area contributed by atoms with Gasteiger partial charge in [0.25, 0.3) is 0 Å². The van der Waals surface area contributed by atoms with E-state index in [1.54, 1.807) is 0 Å². The van der Waals surface area contributed by atoms with Crippen molar-refractivity contribution in [3.8, 4) is 0 Å². The fraction of sp³-hybridized carbons (Fsp3) is 0.579. The minimum absolute atomic E-state index is 0.0290. The highest BCUT2D eigenvalue weighted by Crippen LogP contribution is 2.19. The van der Waals surface area contributed by atoms with Gasteiger partial charge in [0.2, 0.25) is 5.91 Å². The Labute approximate surface area is 144 Å². The standard InChI is InChI=1S/C19H29N3O2/c1-13(2)16(18(23)22-11-6-5-7-12-22)20-19(24)21-17-14(3)9-8-10-15(17)4/h8-10,13,16H,5-7,11-12H2,1-4H3,(H2,20,21,24). The number of hydrogen-bond donors (Lipinski definition) is 2. The molecule has 3 amide bonds. The molecule has 2 N–H and O–H groups in total. The smallest absolute Gasteiger partial charge is 0.319 e. The number of piperidine rings is 1. The summed E-state index contributed by atoms with van der Waals surface area (Å²) in [6.45, 7) is 9.44. The summed E-state index contributed by atoms with van der Waals surface area (Å²) >= 11 is 0. The lowest BCUT2D eigenvalue weighted by Crippen LogP contribution is -2.53. The Hall–Kier alpha value is -2.04. The molecule has 1 unspecified atom stereocenters. The van der Waals surface area contributed by atoms with Gasteiger partial charge in [-0.05, 0) is 50.2 Å². The molecule has 1 aliphatic heterocycles. The zero-order chi connectivity index (χ0) is 17.7. The SMILES string of the molecule is Cc1cccc(C)c1NC(=O)NC(C(=O)N1CCCCC1)C(C)C. The van der Waals surface area contributed by atoms with Crippen LogP contribution in [0.5, 0.6) is 0 Å². The fourth-order valence-electron chi connectivity index (χ4n) is 3.13. The summed E-state index contributed by atoms with van der Waals surface area (Å²) in [5, 5.41) is 5.78. The lowest BCUT2D eigenvalue weighted by Gasteiger charge is -2.32. The largest absolute Gasteiger partial charge is 0.341 e. The van der Waals surface area contributed by atoms with Crippen molar-refractivity contribution in [2.75, 3.05) is 18.4 Å². The van der Waals surface area contributed by atoms with Crippen LogP contribution in [-0.4, -0.2) is 36.0 Å². The second kappa shape index (κ2) is 8.18. The van der Waals surface area contributed by atoms with E-state index in [1.165, 1.54) is 6.42 Å². The number of nitrogens with one attached hydrogen (secondary N) is 2. The molecule has 0 aromatic heterocycles. The quantitative estimate of drug-likeness (QED) is 0.887. The summed E-state index contributed by atoms with van der Waals surface area (Å²) in [5.74, 6) is 0.0736. The van der Waals surface area contributed by atoms with Gasteiger partial charge in [-0.1, -0.05) is 32.0 Å². The summed E-state index contributed by atoms with van der Waals surface area (Å²) in [5.41, 5.74) is 2.82. The molecular weight excluding hydrogens is 302 g/mol. The van der Waals surface area contributed by atoms with Gasteiger partial charge < -0.3 is 15.5 Å². The van der Waals surface area contributed by atoms with Crippen molar-refractivity contribution >= 4 is 17.6 Å². The number of carbonyl (C=O) groups is 2. The number of para-hydroxylation sites is 1. The average molecular weight is 331 g/mol. The number of urea groups is 1. The number of benzene rings is 1. The molecule has 1 saturated heterocycles. The van der Waals surface area contributed by atoms with E-state index in [4.69, 9.17) is 0 Å². The first-order chi connectivity index (χ1) is 11.4. The highest BCUT2D eigenvalue weighted by Gasteiger charge is 2.29. The van der Waals surface area contributed by atoms with Gasteiger partial charge >= 0.3 is 6.03 Å². The predicted molar refractivity (Wildman–Crippen MR) is 97.1 cm³/mol.